The van der Waals surface area contributed by atoms with Gasteiger partial charge in [0, 0.05) is 11.0 Å². The van der Waals surface area contributed by atoms with Crippen molar-refractivity contribution in [1.29, 1.82) is 0 Å². The Morgan fingerprint density at radius 3 is 2.54 bits per heavy atom. The molecule has 2 aromatic rings. The SMILES string of the molecule is COc1ccc(N2CCCCS2(=O)=O)cc1S(=O)(=O)Nc1ccc(C)cc1Br. The lowest BCUT2D eigenvalue weighted by Gasteiger charge is -2.28. The van der Waals surface area contributed by atoms with Gasteiger partial charge in [0.25, 0.3) is 10.0 Å². The predicted octanol–water partition coefficient (Wildman–Crippen LogP) is 3.50. The van der Waals surface area contributed by atoms with Crippen LogP contribution in [0.25, 0.3) is 0 Å². The van der Waals surface area contributed by atoms with Crippen LogP contribution in [0.3, 0.4) is 0 Å². The zero-order valence-corrected chi connectivity index (χ0v) is 18.7. The van der Waals surface area contributed by atoms with Crippen LogP contribution in [-0.4, -0.2) is 36.2 Å². The third kappa shape index (κ3) is 4.28. The zero-order chi connectivity index (χ0) is 20.5. The molecule has 0 aliphatic carbocycles. The largest absolute Gasteiger partial charge is 0.495 e. The second kappa shape index (κ2) is 7.92. The van der Waals surface area contributed by atoms with Gasteiger partial charge in [0.1, 0.15) is 10.6 Å². The molecule has 0 saturated carbocycles. The van der Waals surface area contributed by atoms with Crippen molar-refractivity contribution >= 4 is 47.4 Å². The highest BCUT2D eigenvalue weighted by Gasteiger charge is 2.29. The number of ether oxygens (including phenoxy) is 1. The molecular weight excluding hydrogens is 468 g/mol. The van der Waals surface area contributed by atoms with E-state index in [1.54, 1.807) is 24.3 Å². The summed E-state index contributed by atoms with van der Waals surface area (Å²) in [5.41, 5.74) is 1.66. The molecule has 1 fully saturated rings. The second-order valence-corrected chi connectivity index (χ2v) is 11.0. The molecule has 2 aromatic carbocycles. The Labute approximate surface area is 173 Å². The number of hydrogen-bond donors (Lipinski definition) is 1. The van der Waals surface area contributed by atoms with E-state index < -0.39 is 20.0 Å². The number of anilines is 2. The average molecular weight is 489 g/mol. The van der Waals surface area contributed by atoms with Gasteiger partial charge in [-0.1, -0.05) is 6.07 Å². The molecule has 0 amide bonds. The molecule has 0 spiro atoms. The van der Waals surface area contributed by atoms with Crippen LogP contribution in [0.1, 0.15) is 18.4 Å². The van der Waals surface area contributed by atoms with Crippen molar-refractivity contribution in [3.8, 4) is 5.75 Å². The van der Waals surface area contributed by atoms with Crippen molar-refractivity contribution in [3.63, 3.8) is 0 Å². The number of sulfonamides is 2. The Balaban J connectivity index is 2.04. The molecule has 28 heavy (non-hydrogen) atoms. The van der Waals surface area contributed by atoms with Crippen molar-refractivity contribution in [3.05, 3.63) is 46.4 Å². The summed E-state index contributed by atoms with van der Waals surface area (Å²) in [6.07, 6.45) is 1.32. The first-order chi connectivity index (χ1) is 13.1. The number of halogens is 1. The molecule has 0 unspecified atom stereocenters. The van der Waals surface area contributed by atoms with Gasteiger partial charge < -0.3 is 4.74 Å². The number of rotatable bonds is 5. The lowest BCUT2D eigenvalue weighted by atomic mass is 10.2. The van der Waals surface area contributed by atoms with Gasteiger partial charge in [0.2, 0.25) is 10.0 Å². The highest BCUT2D eigenvalue weighted by Crippen LogP contribution is 2.34. The zero-order valence-electron chi connectivity index (χ0n) is 15.5. The molecule has 1 aliphatic rings. The Kier molecular flexibility index (Phi) is 5.92. The van der Waals surface area contributed by atoms with Crippen LogP contribution in [0, 0.1) is 6.92 Å². The molecule has 152 valence electrons. The van der Waals surface area contributed by atoms with Gasteiger partial charge in [-0.05, 0) is 71.6 Å². The van der Waals surface area contributed by atoms with Gasteiger partial charge in [0.15, 0.2) is 0 Å². The van der Waals surface area contributed by atoms with Gasteiger partial charge in [-0.2, -0.15) is 0 Å². The number of hydrogen-bond acceptors (Lipinski definition) is 5. The fraction of sp³-hybridized carbons (Fsp3) is 0.333. The molecule has 1 saturated heterocycles. The van der Waals surface area contributed by atoms with E-state index in [2.05, 4.69) is 20.7 Å². The molecule has 1 N–H and O–H groups in total. The van der Waals surface area contributed by atoms with E-state index in [-0.39, 0.29) is 16.4 Å². The number of methoxy groups -OCH3 is 1. The van der Waals surface area contributed by atoms with Crippen LogP contribution >= 0.6 is 15.9 Å². The van der Waals surface area contributed by atoms with Gasteiger partial charge in [-0.15, -0.1) is 0 Å². The number of nitrogens with one attached hydrogen (secondary N) is 1. The van der Waals surface area contributed by atoms with E-state index in [0.717, 1.165) is 12.0 Å². The summed E-state index contributed by atoms with van der Waals surface area (Å²) in [4.78, 5) is -0.124. The maximum atomic E-state index is 13.0. The Hall–Kier alpha value is -1.78. The molecule has 0 radical (unpaired) electrons. The van der Waals surface area contributed by atoms with Crippen molar-refractivity contribution in [2.75, 3.05) is 28.4 Å². The molecule has 0 bridgehead atoms. The third-order valence-corrected chi connectivity index (χ3v) is 8.36. The van der Waals surface area contributed by atoms with Crippen LogP contribution in [0.15, 0.2) is 45.8 Å². The lowest BCUT2D eigenvalue weighted by molar-refractivity contribution is 0.403. The molecule has 3 rings (SSSR count). The van der Waals surface area contributed by atoms with Gasteiger partial charge in [-0.25, -0.2) is 16.8 Å². The van der Waals surface area contributed by atoms with Crippen molar-refractivity contribution < 1.29 is 21.6 Å². The van der Waals surface area contributed by atoms with Crippen LogP contribution in [-0.2, 0) is 20.0 Å². The van der Waals surface area contributed by atoms with Crippen molar-refractivity contribution in [2.45, 2.75) is 24.7 Å². The quantitative estimate of drug-likeness (QED) is 0.694. The average Bonchev–Trinajstić information content (AvgIpc) is 2.63. The molecule has 0 atom stereocenters. The molecule has 1 heterocycles. The van der Waals surface area contributed by atoms with Crippen LogP contribution in [0.2, 0.25) is 0 Å². The maximum Gasteiger partial charge on any atom is 0.265 e. The number of benzene rings is 2. The summed E-state index contributed by atoms with van der Waals surface area (Å²) in [7, 11) is -6.11. The fourth-order valence-electron chi connectivity index (χ4n) is 3.01. The van der Waals surface area contributed by atoms with E-state index in [1.807, 2.05) is 6.92 Å². The van der Waals surface area contributed by atoms with E-state index in [1.165, 1.54) is 23.5 Å². The monoisotopic (exact) mass is 488 g/mol. The lowest BCUT2D eigenvalue weighted by Crippen LogP contribution is -2.37. The first-order valence-electron chi connectivity index (χ1n) is 8.61. The first kappa shape index (κ1) is 20.9. The summed E-state index contributed by atoms with van der Waals surface area (Å²) in [6, 6.07) is 9.61. The summed E-state index contributed by atoms with van der Waals surface area (Å²) in [5, 5.41) is 0. The Morgan fingerprint density at radius 2 is 1.89 bits per heavy atom. The maximum absolute atomic E-state index is 13.0. The second-order valence-electron chi connectivity index (χ2n) is 6.52. The van der Waals surface area contributed by atoms with Gasteiger partial charge >= 0.3 is 0 Å². The number of nitrogens with zero attached hydrogens (tertiary/aromatic N) is 1. The predicted molar refractivity (Wildman–Crippen MR) is 113 cm³/mol. The minimum Gasteiger partial charge on any atom is -0.495 e. The third-order valence-electron chi connectivity index (χ3n) is 4.44. The molecule has 0 aromatic heterocycles. The summed E-state index contributed by atoms with van der Waals surface area (Å²) < 4.78 is 60.5. The van der Waals surface area contributed by atoms with E-state index >= 15 is 0 Å². The Morgan fingerprint density at radius 1 is 1.14 bits per heavy atom. The van der Waals surface area contributed by atoms with Crippen LogP contribution in [0.5, 0.6) is 5.75 Å². The molecular formula is C18H21BrN2O5S2. The van der Waals surface area contributed by atoms with Crippen molar-refractivity contribution in [2.24, 2.45) is 0 Å². The fourth-order valence-corrected chi connectivity index (χ4v) is 6.64. The van der Waals surface area contributed by atoms with Gasteiger partial charge in [0.05, 0.1) is 24.2 Å². The van der Waals surface area contributed by atoms with E-state index in [0.29, 0.717) is 28.8 Å². The number of aryl methyl sites for hydroxylation is 1. The summed E-state index contributed by atoms with van der Waals surface area (Å²) >= 11 is 3.35. The van der Waals surface area contributed by atoms with Crippen LogP contribution in [0.4, 0.5) is 11.4 Å². The Bertz CT molecular complexity index is 1100. The van der Waals surface area contributed by atoms with E-state index in [9.17, 15) is 16.8 Å². The summed E-state index contributed by atoms with van der Waals surface area (Å²) in [6.45, 7) is 2.22. The normalized spacial score (nSPS) is 16.6. The van der Waals surface area contributed by atoms with Crippen LogP contribution < -0.4 is 13.8 Å². The standard InChI is InChI=1S/C18H21BrN2O5S2/c1-13-5-7-16(15(19)11-13)20-28(24,25)18-12-14(6-8-17(18)26-2)21-9-3-4-10-27(21,22)23/h5-8,11-12,20H,3-4,9-10H2,1-2H3. The van der Waals surface area contributed by atoms with Crippen molar-refractivity contribution in [1.82, 2.24) is 0 Å². The minimum absolute atomic E-state index is 0.0513. The highest BCUT2D eigenvalue weighted by atomic mass is 79.9. The topological polar surface area (TPSA) is 92.8 Å². The highest BCUT2D eigenvalue weighted by molar-refractivity contribution is 9.10. The minimum atomic E-state index is -4.02. The molecule has 7 nitrogen and oxygen atoms in total. The van der Waals surface area contributed by atoms with Gasteiger partial charge in [-0.3, -0.25) is 9.03 Å². The molecule has 10 heteroatoms. The summed E-state index contributed by atoms with van der Waals surface area (Å²) in [5.74, 6) is 0.184. The molecule has 1 aliphatic heterocycles. The smallest absolute Gasteiger partial charge is 0.265 e. The first-order valence-corrected chi connectivity index (χ1v) is 12.5. The van der Waals surface area contributed by atoms with E-state index in [4.69, 9.17) is 4.74 Å².